The molecule has 1 aromatic carbocycles. The molecule has 0 aliphatic heterocycles. The third-order valence-electron chi connectivity index (χ3n) is 3.50. The molecule has 0 unspecified atom stereocenters. The van der Waals surface area contributed by atoms with Gasteiger partial charge in [-0.05, 0) is 24.6 Å². The minimum Gasteiger partial charge on any atom is -0.339 e. The predicted octanol–water partition coefficient (Wildman–Crippen LogP) is 3.57. The average molecular weight is 233 g/mol. The van der Waals surface area contributed by atoms with Crippen LogP contribution in [0.2, 0.25) is 0 Å². The Morgan fingerprint density at radius 1 is 1.06 bits per heavy atom. The summed E-state index contributed by atoms with van der Waals surface area (Å²) in [5.74, 6) is 0. The minimum atomic E-state index is 0.951. The molecule has 0 fully saturated rings. The molecule has 1 N–H and O–H groups in total. The molecule has 3 heteroatoms. The monoisotopic (exact) mass is 233 g/mol. The van der Waals surface area contributed by atoms with E-state index in [-0.39, 0.29) is 0 Å². The number of nitrogens with one attached hydrogen (secondary N) is 1. The van der Waals surface area contributed by atoms with Gasteiger partial charge >= 0.3 is 0 Å². The van der Waals surface area contributed by atoms with Gasteiger partial charge in [-0.25, -0.2) is 4.98 Å². The van der Waals surface area contributed by atoms with Crippen molar-refractivity contribution >= 4 is 32.8 Å². The second-order valence-electron chi connectivity index (χ2n) is 4.52. The van der Waals surface area contributed by atoms with Gasteiger partial charge in [0.1, 0.15) is 5.65 Å². The molecule has 0 aliphatic carbocycles. The van der Waals surface area contributed by atoms with E-state index in [9.17, 15) is 0 Å². The Morgan fingerprint density at radius 2 is 1.94 bits per heavy atom. The summed E-state index contributed by atoms with van der Waals surface area (Å²) in [6, 6.07) is 10.3. The molecule has 0 radical (unpaired) electrons. The van der Waals surface area contributed by atoms with Crippen LogP contribution in [-0.4, -0.2) is 15.0 Å². The molecule has 3 aromatic heterocycles. The lowest BCUT2D eigenvalue weighted by molar-refractivity contribution is 1.32. The zero-order valence-electron chi connectivity index (χ0n) is 9.94. The molecule has 4 aromatic rings. The molecule has 0 spiro atoms. The van der Waals surface area contributed by atoms with Crippen LogP contribution >= 0.6 is 0 Å². The number of rotatable bonds is 0. The third kappa shape index (κ3) is 1.13. The summed E-state index contributed by atoms with van der Waals surface area (Å²) in [7, 11) is 0. The first kappa shape index (κ1) is 9.59. The van der Waals surface area contributed by atoms with Crippen LogP contribution in [0.1, 0.15) is 5.56 Å². The van der Waals surface area contributed by atoms with Crippen molar-refractivity contribution in [1.29, 1.82) is 0 Å². The number of H-pyrrole nitrogens is 1. The number of hydrogen-bond acceptors (Lipinski definition) is 2. The summed E-state index contributed by atoms with van der Waals surface area (Å²) in [6.07, 6.45) is 3.67. The number of aromatic amines is 1. The lowest BCUT2D eigenvalue weighted by atomic mass is 10.1. The maximum atomic E-state index is 4.68. The highest BCUT2D eigenvalue weighted by atomic mass is 14.9. The molecule has 0 atom stereocenters. The van der Waals surface area contributed by atoms with Gasteiger partial charge in [0, 0.05) is 34.1 Å². The predicted molar refractivity (Wildman–Crippen MR) is 73.6 cm³/mol. The van der Waals surface area contributed by atoms with Crippen molar-refractivity contribution in [3.63, 3.8) is 0 Å². The van der Waals surface area contributed by atoms with Gasteiger partial charge < -0.3 is 4.98 Å². The fraction of sp³-hybridized carbons (Fsp3) is 0.0667. The normalized spacial score (nSPS) is 11.6. The molecule has 0 bridgehead atoms. The molecule has 0 saturated carbocycles. The summed E-state index contributed by atoms with van der Waals surface area (Å²) in [4.78, 5) is 12.3. The summed E-state index contributed by atoms with van der Waals surface area (Å²) in [5, 5.41) is 3.55. The van der Waals surface area contributed by atoms with Gasteiger partial charge in [-0.1, -0.05) is 18.2 Å². The van der Waals surface area contributed by atoms with Crippen molar-refractivity contribution in [3.8, 4) is 0 Å². The Balaban J connectivity index is 2.34. The zero-order valence-corrected chi connectivity index (χ0v) is 9.94. The standard InChI is InChI=1S/C15H11N3/c1-9-11-8-16-7-6-13(11)18-15-14(9)10-4-2-3-5-12(10)17-15/h2-8H,1H3,(H,17,18). The molecule has 18 heavy (non-hydrogen) atoms. The second kappa shape index (κ2) is 3.29. The van der Waals surface area contributed by atoms with Crippen molar-refractivity contribution in [1.82, 2.24) is 15.0 Å². The highest BCUT2D eigenvalue weighted by Gasteiger charge is 2.10. The van der Waals surface area contributed by atoms with E-state index >= 15 is 0 Å². The maximum absolute atomic E-state index is 4.68. The third-order valence-corrected chi connectivity index (χ3v) is 3.50. The van der Waals surface area contributed by atoms with E-state index in [2.05, 4.69) is 40.1 Å². The van der Waals surface area contributed by atoms with Gasteiger partial charge in [-0.15, -0.1) is 0 Å². The summed E-state index contributed by atoms with van der Waals surface area (Å²) >= 11 is 0. The molecule has 0 aliphatic rings. The Labute approximate surface area is 103 Å². The van der Waals surface area contributed by atoms with Crippen LogP contribution < -0.4 is 0 Å². The van der Waals surface area contributed by atoms with E-state index in [1.807, 2.05) is 18.3 Å². The number of benzene rings is 1. The topological polar surface area (TPSA) is 41.6 Å². The number of para-hydroxylation sites is 1. The van der Waals surface area contributed by atoms with Crippen LogP contribution in [0.3, 0.4) is 0 Å². The van der Waals surface area contributed by atoms with E-state index in [1.165, 1.54) is 16.3 Å². The van der Waals surface area contributed by atoms with Crippen molar-refractivity contribution in [2.24, 2.45) is 0 Å². The van der Waals surface area contributed by atoms with Crippen molar-refractivity contribution in [2.45, 2.75) is 6.92 Å². The van der Waals surface area contributed by atoms with Crippen LogP contribution in [0.5, 0.6) is 0 Å². The fourth-order valence-corrected chi connectivity index (χ4v) is 2.62. The van der Waals surface area contributed by atoms with E-state index in [0.29, 0.717) is 0 Å². The Hall–Kier alpha value is -2.42. The molecule has 3 heterocycles. The quantitative estimate of drug-likeness (QED) is 0.504. The minimum absolute atomic E-state index is 0.951. The fourth-order valence-electron chi connectivity index (χ4n) is 2.62. The molecule has 0 amide bonds. The SMILES string of the molecule is Cc1c2cnccc2nc2[nH]c3ccccc3c12. The van der Waals surface area contributed by atoms with Gasteiger partial charge in [0.15, 0.2) is 0 Å². The van der Waals surface area contributed by atoms with Crippen LogP contribution in [0, 0.1) is 6.92 Å². The van der Waals surface area contributed by atoms with Gasteiger partial charge in [0.2, 0.25) is 0 Å². The van der Waals surface area contributed by atoms with E-state index in [0.717, 1.165) is 22.1 Å². The second-order valence-corrected chi connectivity index (χ2v) is 4.52. The number of aromatic nitrogens is 3. The number of hydrogen-bond donors (Lipinski definition) is 1. The first-order valence-electron chi connectivity index (χ1n) is 5.95. The van der Waals surface area contributed by atoms with Crippen molar-refractivity contribution in [3.05, 3.63) is 48.3 Å². The van der Waals surface area contributed by atoms with Gasteiger partial charge in [0.05, 0.1) is 5.52 Å². The summed E-state index contributed by atoms with van der Waals surface area (Å²) in [5.41, 5.74) is 4.31. The Kier molecular flexibility index (Phi) is 1.75. The van der Waals surface area contributed by atoms with Gasteiger partial charge in [-0.2, -0.15) is 0 Å². The lowest BCUT2D eigenvalue weighted by Crippen LogP contribution is -1.86. The molecular weight excluding hydrogens is 222 g/mol. The highest BCUT2D eigenvalue weighted by molar-refractivity contribution is 6.11. The number of aryl methyl sites for hydroxylation is 1. The molecule has 4 rings (SSSR count). The van der Waals surface area contributed by atoms with E-state index < -0.39 is 0 Å². The van der Waals surface area contributed by atoms with Crippen LogP contribution in [-0.2, 0) is 0 Å². The van der Waals surface area contributed by atoms with Crippen LogP contribution in [0.4, 0.5) is 0 Å². The first-order chi connectivity index (χ1) is 8.84. The summed E-state index contributed by atoms with van der Waals surface area (Å²) < 4.78 is 0. The van der Waals surface area contributed by atoms with E-state index in [4.69, 9.17) is 0 Å². The van der Waals surface area contributed by atoms with Crippen LogP contribution in [0.25, 0.3) is 32.8 Å². The summed E-state index contributed by atoms with van der Waals surface area (Å²) in [6.45, 7) is 2.13. The number of fused-ring (bicyclic) bond motifs is 4. The van der Waals surface area contributed by atoms with Crippen molar-refractivity contribution < 1.29 is 0 Å². The smallest absolute Gasteiger partial charge is 0.139 e. The van der Waals surface area contributed by atoms with Gasteiger partial charge in [-0.3, -0.25) is 4.98 Å². The Morgan fingerprint density at radius 3 is 2.89 bits per heavy atom. The molecular formula is C15H11N3. The zero-order chi connectivity index (χ0) is 12.1. The average Bonchev–Trinajstić information content (AvgIpc) is 2.77. The molecule has 0 saturated heterocycles. The molecule has 86 valence electrons. The van der Waals surface area contributed by atoms with Gasteiger partial charge in [0.25, 0.3) is 0 Å². The largest absolute Gasteiger partial charge is 0.339 e. The van der Waals surface area contributed by atoms with Crippen LogP contribution in [0.15, 0.2) is 42.7 Å². The lowest BCUT2D eigenvalue weighted by Gasteiger charge is -2.02. The Bertz CT molecular complexity index is 890. The maximum Gasteiger partial charge on any atom is 0.139 e. The van der Waals surface area contributed by atoms with E-state index in [1.54, 1.807) is 6.20 Å². The van der Waals surface area contributed by atoms with Crippen molar-refractivity contribution in [2.75, 3.05) is 0 Å². The molecule has 3 nitrogen and oxygen atoms in total. The number of pyridine rings is 2. The number of nitrogens with zero attached hydrogens (tertiary/aromatic N) is 2. The highest BCUT2D eigenvalue weighted by Crippen LogP contribution is 2.30. The first-order valence-corrected chi connectivity index (χ1v) is 5.95.